The first-order valence-electron chi connectivity index (χ1n) is 6.89. The quantitative estimate of drug-likeness (QED) is 0.897. The van der Waals surface area contributed by atoms with Crippen LogP contribution in [-0.2, 0) is 15.9 Å². The molecule has 104 valence electrons. The molecule has 2 unspecified atom stereocenters. The molecule has 0 saturated carbocycles. The van der Waals surface area contributed by atoms with E-state index in [4.69, 9.17) is 14.2 Å². The molecule has 19 heavy (non-hydrogen) atoms. The fourth-order valence-electron chi connectivity index (χ4n) is 2.91. The molecule has 0 aromatic heterocycles. The van der Waals surface area contributed by atoms with E-state index in [1.54, 1.807) is 7.11 Å². The number of methoxy groups -OCH3 is 1. The number of hydrogen-bond donors (Lipinski definition) is 1. The molecule has 2 aliphatic rings. The number of benzene rings is 1. The summed E-state index contributed by atoms with van der Waals surface area (Å²) in [5.41, 5.74) is 2.70. The van der Waals surface area contributed by atoms with Crippen molar-refractivity contribution < 1.29 is 14.2 Å². The number of fused-ring (bicyclic) bond motifs is 1. The van der Waals surface area contributed by atoms with Crippen LogP contribution in [0.15, 0.2) is 18.2 Å². The second-order valence-corrected chi connectivity index (χ2v) is 5.20. The second-order valence-electron chi connectivity index (χ2n) is 5.20. The Labute approximate surface area is 114 Å². The maximum atomic E-state index is 6.13. The monoisotopic (exact) mass is 263 g/mol. The lowest BCUT2D eigenvalue weighted by atomic mass is 9.85. The van der Waals surface area contributed by atoms with Crippen LogP contribution in [-0.4, -0.2) is 39.6 Å². The van der Waals surface area contributed by atoms with Crippen LogP contribution in [0.5, 0.6) is 5.75 Å². The lowest BCUT2D eigenvalue weighted by Crippen LogP contribution is -2.44. The molecule has 4 nitrogen and oxygen atoms in total. The van der Waals surface area contributed by atoms with E-state index in [0.29, 0.717) is 0 Å². The normalized spacial score (nSPS) is 26.6. The van der Waals surface area contributed by atoms with Crippen LogP contribution in [0.25, 0.3) is 0 Å². The molecule has 1 aromatic rings. The van der Waals surface area contributed by atoms with Gasteiger partial charge in [-0.3, -0.25) is 0 Å². The Morgan fingerprint density at radius 2 is 2.16 bits per heavy atom. The SMILES string of the molecule is CNC1c2cc(OC)ccc2CCC1OC1COC1. The van der Waals surface area contributed by atoms with Crippen LogP contribution in [0.3, 0.4) is 0 Å². The van der Waals surface area contributed by atoms with Crippen molar-refractivity contribution in [1.29, 1.82) is 0 Å². The maximum Gasteiger partial charge on any atom is 0.119 e. The Morgan fingerprint density at radius 1 is 1.32 bits per heavy atom. The molecule has 1 saturated heterocycles. The number of likely N-dealkylation sites (N-methyl/N-ethyl adjacent to an activating group) is 1. The molecule has 0 bridgehead atoms. The van der Waals surface area contributed by atoms with Gasteiger partial charge in [-0.05, 0) is 43.1 Å². The van der Waals surface area contributed by atoms with Crippen molar-refractivity contribution in [2.75, 3.05) is 27.4 Å². The third kappa shape index (κ3) is 2.48. The average molecular weight is 263 g/mol. The van der Waals surface area contributed by atoms with Gasteiger partial charge in [0.2, 0.25) is 0 Å². The van der Waals surface area contributed by atoms with E-state index in [9.17, 15) is 0 Å². The van der Waals surface area contributed by atoms with Crippen molar-refractivity contribution in [1.82, 2.24) is 5.32 Å². The van der Waals surface area contributed by atoms with Gasteiger partial charge in [0, 0.05) is 0 Å². The fraction of sp³-hybridized carbons (Fsp3) is 0.600. The van der Waals surface area contributed by atoms with Crippen molar-refractivity contribution in [3.63, 3.8) is 0 Å². The summed E-state index contributed by atoms with van der Waals surface area (Å²) in [6.07, 6.45) is 2.61. The van der Waals surface area contributed by atoms with Crippen molar-refractivity contribution >= 4 is 0 Å². The molecule has 3 rings (SSSR count). The van der Waals surface area contributed by atoms with E-state index in [2.05, 4.69) is 17.4 Å². The molecule has 2 atom stereocenters. The summed E-state index contributed by atoms with van der Waals surface area (Å²) in [5.74, 6) is 0.909. The standard InChI is InChI=1S/C15H21NO3/c1-16-15-13-7-11(17-2)5-3-10(13)4-6-14(15)19-12-8-18-9-12/h3,5,7,12,14-16H,4,6,8-9H2,1-2H3. The highest BCUT2D eigenvalue weighted by Gasteiger charge is 2.33. The van der Waals surface area contributed by atoms with Crippen molar-refractivity contribution in [3.8, 4) is 5.75 Å². The molecule has 1 aromatic carbocycles. The molecule has 0 amide bonds. The van der Waals surface area contributed by atoms with Gasteiger partial charge in [0.25, 0.3) is 0 Å². The van der Waals surface area contributed by atoms with E-state index in [1.165, 1.54) is 11.1 Å². The minimum Gasteiger partial charge on any atom is -0.497 e. The number of ether oxygens (including phenoxy) is 3. The topological polar surface area (TPSA) is 39.7 Å². The lowest BCUT2D eigenvalue weighted by molar-refractivity contribution is -0.163. The zero-order valence-corrected chi connectivity index (χ0v) is 11.5. The summed E-state index contributed by atoms with van der Waals surface area (Å²) in [6.45, 7) is 1.47. The summed E-state index contributed by atoms with van der Waals surface area (Å²) in [4.78, 5) is 0. The minimum absolute atomic E-state index is 0.221. The molecule has 0 radical (unpaired) electrons. The number of nitrogens with one attached hydrogen (secondary N) is 1. The highest BCUT2D eigenvalue weighted by Crippen LogP contribution is 2.35. The highest BCUT2D eigenvalue weighted by molar-refractivity contribution is 5.40. The van der Waals surface area contributed by atoms with Gasteiger partial charge in [-0.2, -0.15) is 0 Å². The first kappa shape index (κ1) is 12.9. The summed E-state index contributed by atoms with van der Waals surface area (Å²) in [7, 11) is 3.70. The van der Waals surface area contributed by atoms with Crippen molar-refractivity contribution in [2.24, 2.45) is 0 Å². The van der Waals surface area contributed by atoms with Gasteiger partial charge in [0.1, 0.15) is 11.9 Å². The molecule has 1 N–H and O–H groups in total. The molecular weight excluding hydrogens is 242 g/mol. The molecule has 4 heteroatoms. The summed E-state index contributed by atoms with van der Waals surface area (Å²) >= 11 is 0. The number of rotatable bonds is 4. The molecule has 0 spiro atoms. The van der Waals surface area contributed by atoms with Crippen LogP contribution in [0.4, 0.5) is 0 Å². The Bertz CT molecular complexity index is 445. The first-order valence-corrected chi connectivity index (χ1v) is 6.89. The Hall–Kier alpha value is -1.10. The van der Waals surface area contributed by atoms with Gasteiger partial charge in [0.05, 0.1) is 32.5 Å². The summed E-state index contributed by atoms with van der Waals surface area (Å²) < 4.78 is 16.7. The Balaban J connectivity index is 1.82. The molecule has 1 aliphatic carbocycles. The molecule has 1 heterocycles. The van der Waals surface area contributed by atoms with Crippen molar-refractivity contribution in [3.05, 3.63) is 29.3 Å². The largest absolute Gasteiger partial charge is 0.497 e. The zero-order valence-electron chi connectivity index (χ0n) is 11.5. The van der Waals surface area contributed by atoms with Gasteiger partial charge < -0.3 is 19.5 Å². The Kier molecular flexibility index (Phi) is 3.73. The van der Waals surface area contributed by atoms with Gasteiger partial charge in [-0.15, -0.1) is 0 Å². The van der Waals surface area contributed by atoms with Gasteiger partial charge in [0.15, 0.2) is 0 Å². The third-order valence-electron chi connectivity index (χ3n) is 4.04. The summed E-state index contributed by atoms with van der Waals surface area (Å²) in [5, 5.41) is 3.39. The summed E-state index contributed by atoms with van der Waals surface area (Å²) in [6, 6.07) is 6.57. The Morgan fingerprint density at radius 3 is 2.79 bits per heavy atom. The van der Waals surface area contributed by atoms with Crippen LogP contribution in [0.2, 0.25) is 0 Å². The van der Waals surface area contributed by atoms with Gasteiger partial charge in [-0.25, -0.2) is 0 Å². The molecule has 1 fully saturated rings. The predicted octanol–water partition coefficient (Wildman–Crippen LogP) is 1.69. The van der Waals surface area contributed by atoms with Crippen LogP contribution >= 0.6 is 0 Å². The maximum absolute atomic E-state index is 6.13. The number of hydrogen-bond acceptors (Lipinski definition) is 4. The van der Waals surface area contributed by atoms with E-state index >= 15 is 0 Å². The highest BCUT2D eigenvalue weighted by atomic mass is 16.6. The van der Waals surface area contributed by atoms with Crippen LogP contribution in [0.1, 0.15) is 23.6 Å². The minimum atomic E-state index is 0.221. The first-order chi connectivity index (χ1) is 9.31. The van der Waals surface area contributed by atoms with E-state index in [0.717, 1.165) is 31.8 Å². The van der Waals surface area contributed by atoms with Crippen LogP contribution in [0, 0.1) is 0 Å². The zero-order chi connectivity index (χ0) is 13.2. The second kappa shape index (κ2) is 5.49. The fourth-order valence-corrected chi connectivity index (χ4v) is 2.91. The van der Waals surface area contributed by atoms with Gasteiger partial charge in [-0.1, -0.05) is 6.07 Å². The van der Waals surface area contributed by atoms with E-state index in [1.807, 2.05) is 13.1 Å². The molecular formula is C15H21NO3. The smallest absolute Gasteiger partial charge is 0.119 e. The van der Waals surface area contributed by atoms with Crippen LogP contribution < -0.4 is 10.1 Å². The van der Waals surface area contributed by atoms with Crippen molar-refractivity contribution in [2.45, 2.75) is 31.1 Å². The van der Waals surface area contributed by atoms with Gasteiger partial charge >= 0.3 is 0 Å². The molecule has 1 aliphatic heterocycles. The van der Waals surface area contributed by atoms with E-state index in [-0.39, 0.29) is 18.2 Å². The lowest BCUT2D eigenvalue weighted by Gasteiger charge is -2.38. The van der Waals surface area contributed by atoms with E-state index < -0.39 is 0 Å². The third-order valence-corrected chi connectivity index (χ3v) is 4.04. The average Bonchev–Trinajstić information content (AvgIpc) is 2.41. The predicted molar refractivity (Wildman–Crippen MR) is 72.6 cm³/mol. The number of aryl methyl sites for hydroxylation is 1.